The normalized spacial score (nSPS) is 15.7. The molecule has 0 amide bonds. The number of fused-ring (bicyclic) bond motifs is 3. The van der Waals surface area contributed by atoms with Gasteiger partial charge in [0.1, 0.15) is 11.6 Å². The molecule has 4 aromatic rings. The summed E-state index contributed by atoms with van der Waals surface area (Å²) in [5.41, 5.74) is 4.34. The van der Waals surface area contributed by atoms with E-state index in [9.17, 15) is 4.39 Å². The van der Waals surface area contributed by atoms with Crippen LogP contribution in [0, 0.1) is 5.82 Å². The number of H-pyrrole nitrogens is 1. The standard InChI is InChI=1S/C24H17Cl2FN2OS.H2/c25-15-3-1-14(2-4-15)23-22-19(20-13-16(26)5-10-21(20)28-22)11-12-29(23)24(31)30-18-8-6-17(27)7-9-18;/h1-10,13,23,28H,11-12H2;1H. The largest absolute Gasteiger partial charge is 0.432 e. The molecule has 0 fully saturated rings. The van der Waals surface area contributed by atoms with Crippen LogP contribution in [0.25, 0.3) is 10.9 Å². The first kappa shape index (κ1) is 20.3. The van der Waals surface area contributed by atoms with Crippen molar-refractivity contribution < 1.29 is 10.6 Å². The van der Waals surface area contributed by atoms with Crippen LogP contribution in [0.2, 0.25) is 10.0 Å². The van der Waals surface area contributed by atoms with Gasteiger partial charge in [0.15, 0.2) is 0 Å². The fourth-order valence-electron chi connectivity index (χ4n) is 4.11. The van der Waals surface area contributed by atoms with Crippen molar-refractivity contribution in [1.82, 2.24) is 9.88 Å². The van der Waals surface area contributed by atoms with Crippen LogP contribution in [0.5, 0.6) is 5.75 Å². The van der Waals surface area contributed by atoms with Gasteiger partial charge in [0.2, 0.25) is 0 Å². The molecule has 5 rings (SSSR count). The van der Waals surface area contributed by atoms with Crippen LogP contribution < -0.4 is 4.74 Å². The Morgan fingerprint density at radius 3 is 2.48 bits per heavy atom. The maximum absolute atomic E-state index is 13.3. The third kappa shape index (κ3) is 3.89. The first-order valence-electron chi connectivity index (χ1n) is 9.79. The van der Waals surface area contributed by atoms with Crippen molar-refractivity contribution in [2.75, 3.05) is 6.54 Å². The molecule has 0 saturated heterocycles. The van der Waals surface area contributed by atoms with Crippen LogP contribution in [0.15, 0.2) is 66.7 Å². The summed E-state index contributed by atoms with van der Waals surface area (Å²) in [6, 6.07) is 19.2. The highest BCUT2D eigenvalue weighted by Crippen LogP contribution is 2.39. The second kappa shape index (κ2) is 8.15. The van der Waals surface area contributed by atoms with Crippen LogP contribution in [0.3, 0.4) is 0 Å². The zero-order chi connectivity index (χ0) is 21.5. The van der Waals surface area contributed by atoms with E-state index in [1.165, 1.54) is 17.7 Å². The molecule has 31 heavy (non-hydrogen) atoms. The SMILES string of the molecule is Fc1ccc(OC(=S)N2CCc3c([nH]c4ccc(Cl)cc34)C2c2ccc(Cl)cc2)cc1.[HH]. The van der Waals surface area contributed by atoms with E-state index in [1.54, 1.807) is 12.1 Å². The molecule has 1 aliphatic heterocycles. The summed E-state index contributed by atoms with van der Waals surface area (Å²) in [5, 5.41) is 2.82. The quantitative estimate of drug-likeness (QED) is 0.313. The Hall–Kier alpha value is -2.60. The van der Waals surface area contributed by atoms with E-state index in [1.807, 2.05) is 47.4 Å². The van der Waals surface area contributed by atoms with Gasteiger partial charge in [-0.2, -0.15) is 0 Å². The molecule has 1 atom stereocenters. The van der Waals surface area contributed by atoms with Crippen molar-refractivity contribution >= 4 is 51.5 Å². The van der Waals surface area contributed by atoms with E-state index in [-0.39, 0.29) is 13.3 Å². The molecule has 3 nitrogen and oxygen atoms in total. The van der Waals surface area contributed by atoms with Gasteiger partial charge in [-0.25, -0.2) is 4.39 Å². The number of aromatic nitrogens is 1. The second-order valence-corrected chi connectivity index (χ2v) is 8.65. The molecule has 0 spiro atoms. The fraction of sp³-hybridized carbons (Fsp3) is 0.125. The van der Waals surface area contributed by atoms with Gasteiger partial charge >= 0.3 is 0 Å². The number of aromatic amines is 1. The average molecular weight is 473 g/mol. The minimum Gasteiger partial charge on any atom is -0.432 e. The lowest BCUT2D eigenvalue weighted by atomic mass is 9.93. The first-order valence-corrected chi connectivity index (χ1v) is 11.0. The Kier molecular flexibility index (Phi) is 5.34. The van der Waals surface area contributed by atoms with Crippen LogP contribution in [-0.2, 0) is 6.42 Å². The van der Waals surface area contributed by atoms with E-state index >= 15 is 0 Å². The van der Waals surface area contributed by atoms with E-state index in [4.69, 9.17) is 40.2 Å². The molecule has 1 N–H and O–H groups in total. The smallest absolute Gasteiger partial charge is 0.265 e. The van der Waals surface area contributed by atoms with Crippen molar-refractivity contribution in [3.8, 4) is 5.75 Å². The minimum absolute atomic E-state index is 0. The van der Waals surface area contributed by atoms with Crippen LogP contribution in [0.1, 0.15) is 24.3 Å². The molecule has 2 heterocycles. The van der Waals surface area contributed by atoms with Gasteiger partial charge in [-0.05, 0) is 84.4 Å². The highest BCUT2D eigenvalue weighted by molar-refractivity contribution is 7.80. The van der Waals surface area contributed by atoms with Crippen molar-refractivity contribution in [3.63, 3.8) is 0 Å². The summed E-state index contributed by atoms with van der Waals surface area (Å²) in [4.78, 5) is 5.61. The zero-order valence-corrected chi connectivity index (χ0v) is 18.6. The summed E-state index contributed by atoms with van der Waals surface area (Å²) in [6.45, 7) is 0.666. The number of rotatable bonds is 2. The van der Waals surface area contributed by atoms with Gasteiger partial charge in [0.05, 0.1) is 6.04 Å². The van der Waals surface area contributed by atoms with Crippen molar-refractivity contribution in [2.24, 2.45) is 0 Å². The molecule has 7 heteroatoms. The number of hydrogen-bond donors (Lipinski definition) is 1. The van der Waals surface area contributed by atoms with E-state index in [0.717, 1.165) is 28.6 Å². The lowest BCUT2D eigenvalue weighted by molar-refractivity contribution is 0.289. The average Bonchev–Trinajstić information content (AvgIpc) is 3.13. The van der Waals surface area contributed by atoms with Crippen LogP contribution in [0.4, 0.5) is 4.39 Å². The van der Waals surface area contributed by atoms with Gasteiger partial charge in [-0.15, -0.1) is 0 Å². The summed E-state index contributed by atoms with van der Waals surface area (Å²) in [7, 11) is 0. The molecule has 1 unspecified atom stereocenters. The molecule has 0 radical (unpaired) electrons. The number of thiocarbonyl (C=S) groups is 1. The van der Waals surface area contributed by atoms with Crippen molar-refractivity contribution in [3.05, 3.63) is 99.4 Å². The Morgan fingerprint density at radius 2 is 1.74 bits per heavy atom. The lowest BCUT2D eigenvalue weighted by Crippen LogP contribution is -2.42. The molecule has 0 aliphatic carbocycles. The molecule has 1 aliphatic rings. The maximum Gasteiger partial charge on any atom is 0.265 e. The molecule has 1 aromatic heterocycles. The molecule has 0 bridgehead atoms. The number of ether oxygens (including phenoxy) is 1. The summed E-state index contributed by atoms with van der Waals surface area (Å²) in [6.07, 6.45) is 0.784. The first-order chi connectivity index (χ1) is 15.0. The second-order valence-electron chi connectivity index (χ2n) is 7.43. The molecular weight excluding hydrogens is 454 g/mol. The number of benzene rings is 3. The number of nitrogens with one attached hydrogen (secondary N) is 1. The summed E-state index contributed by atoms with van der Waals surface area (Å²) >= 11 is 18.1. The topological polar surface area (TPSA) is 28.3 Å². The van der Waals surface area contributed by atoms with E-state index in [0.29, 0.717) is 27.5 Å². The number of halogens is 3. The number of nitrogens with zero attached hydrogens (tertiary/aromatic N) is 1. The predicted octanol–water partition coefficient (Wildman–Crippen LogP) is 7.17. The predicted molar refractivity (Wildman–Crippen MR) is 129 cm³/mol. The van der Waals surface area contributed by atoms with Gasteiger partial charge < -0.3 is 14.6 Å². The third-order valence-electron chi connectivity index (χ3n) is 5.53. The molecule has 0 saturated carbocycles. The monoisotopic (exact) mass is 472 g/mol. The Balaban J connectivity index is 0.00000245. The lowest BCUT2D eigenvalue weighted by Gasteiger charge is -2.37. The van der Waals surface area contributed by atoms with Gasteiger partial charge in [-0.1, -0.05) is 35.3 Å². The maximum atomic E-state index is 13.3. The minimum atomic E-state index is -0.323. The van der Waals surface area contributed by atoms with E-state index < -0.39 is 0 Å². The number of hydrogen-bond acceptors (Lipinski definition) is 2. The van der Waals surface area contributed by atoms with Crippen LogP contribution >= 0.6 is 35.4 Å². The third-order valence-corrected chi connectivity index (χ3v) is 6.33. The highest BCUT2D eigenvalue weighted by Gasteiger charge is 2.34. The molecule has 158 valence electrons. The van der Waals surface area contributed by atoms with Crippen LogP contribution in [-0.4, -0.2) is 21.6 Å². The van der Waals surface area contributed by atoms with Gasteiger partial charge in [0.25, 0.3) is 5.17 Å². The Morgan fingerprint density at radius 1 is 1.03 bits per heavy atom. The Bertz CT molecular complexity index is 1280. The Labute approximate surface area is 195 Å². The fourth-order valence-corrected chi connectivity index (χ4v) is 4.70. The van der Waals surface area contributed by atoms with Crippen molar-refractivity contribution in [2.45, 2.75) is 12.5 Å². The van der Waals surface area contributed by atoms with Gasteiger partial charge in [-0.3, -0.25) is 0 Å². The zero-order valence-electron chi connectivity index (χ0n) is 16.2. The summed E-state index contributed by atoms with van der Waals surface area (Å²) in [5.74, 6) is 0.173. The molecule has 3 aromatic carbocycles. The van der Waals surface area contributed by atoms with Crippen molar-refractivity contribution in [1.29, 1.82) is 0 Å². The molecular formula is C24H19Cl2FN2OS. The van der Waals surface area contributed by atoms with Gasteiger partial charge in [0, 0.05) is 34.6 Å². The summed E-state index contributed by atoms with van der Waals surface area (Å²) < 4.78 is 19.2. The van der Waals surface area contributed by atoms with E-state index in [2.05, 4.69) is 4.98 Å². The highest BCUT2D eigenvalue weighted by atomic mass is 35.5.